The first kappa shape index (κ1) is 16.1. The first-order chi connectivity index (χ1) is 10.6. The lowest BCUT2D eigenvalue weighted by Crippen LogP contribution is -2.32. The van der Waals surface area contributed by atoms with Gasteiger partial charge >= 0.3 is 5.97 Å². The van der Waals surface area contributed by atoms with Crippen molar-refractivity contribution in [3.8, 4) is 11.5 Å². The van der Waals surface area contributed by atoms with Crippen LogP contribution in [0.4, 0.5) is 0 Å². The summed E-state index contributed by atoms with van der Waals surface area (Å²) in [4.78, 5) is 23.0. The molecule has 1 aromatic carbocycles. The number of hydrogen-bond donors (Lipinski definition) is 1. The molecule has 1 saturated carbocycles. The Morgan fingerprint density at radius 1 is 1.27 bits per heavy atom. The van der Waals surface area contributed by atoms with E-state index in [1.165, 1.54) is 0 Å². The van der Waals surface area contributed by atoms with Crippen LogP contribution in [0.2, 0.25) is 0 Å². The molecule has 1 amide bonds. The van der Waals surface area contributed by atoms with Gasteiger partial charge in [-0.1, -0.05) is 19.1 Å². The molecule has 0 bridgehead atoms. The van der Waals surface area contributed by atoms with E-state index in [4.69, 9.17) is 14.2 Å². The maximum atomic E-state index is 11.5. The predicted octanol–water partition coefficient (Wildman–Crippen LogP) is 1.39. The number of esters is 1. The molecule has 1 aromatic rings. The fourth-order valence-electron chi connectivity index (χ4n) is 2.03. The van der Waals surface area contributed by atoms with E-state index in [0.717, 1.165) is 6.42 Å². The van der Waals surface area contributed by atoms with Gasteiger partial charge in [-0.05, 0) is 24.5 Å². The second-order valence-corrected chi connectivity index (χ2v) is 5.28. The van der Waals surface area contributed by atoms with Crippen LogP contribution in [-0.4, -0.2) is 38.7 Å². The van der Waals surface area contributed by atoms with Crippen LogP contribution < -0.4 is 14.8 Å². The van der Waals surface area contributed by atoms with Crippen molar-refractivity contribution in [2.24, 2.45) is 11.8 Å². The summed E-state index contributed by atoms with van der Waals surface area (Å²) in [6.45, 7) is 2.38. The van der Waals surface area contributed by atoms with Crippen molar-refractivity contribution in [2.75, 3.05) is 26.9 Å². The van der Waals surface area contributed by atoms with Crippen molar-refractivity contribution in [3.63, 3.8) is 0 Å². The summed E-state index contributed by atoms with van der Waals surface area (Å²) in [7, 11) is 1.57. The Kier molecular flexibility index (Phi) is 5.63. The van der Waals surface area contributed by atoms with E-state index in [-0.39, 0.29) is 24.4 Å². The normalized spacial score (nSPS) is 19.2. The van der Waals surface area contributed by atoms with Gasteiger partial charge in [-0.2, -0.15) is 0 Å². The number of benzene rings is 1. The fourth-order valence-corrected chi connectivity index (χ4v) is 2.03. The first-order valence-electron chi connectivity index (χ1n) is 7.31. The molecule has 1 aliphatic carbocycles. The van der Waals surface area contributed by atoms with Gasteiger partial charge in [0.15, 0.2) is 18.1 Å². The summed E-state index contributed by atoms with van der Waals surface area (Å²) in [5.41, 5.74) is 0. The Balaban J connectivity index is 1.60. The van der Waals surface area contributed by atoms with Crippen LogP contribution in [-0.2, 0) is 14.3 Å². The second kappa shape index (κ2) is 7.68. The highest BCUT2D eigenvalue weighted by molar-refractivity contribution is 5.82. The molecule has 6 heteroatoms. The van der Waals surface area contributed by atoms with Gasteiger partial charge in [0.05, 0.1) is 19.6 Å². The lowest BCUT2D eigenvalue weighted by molar-refractivity contribution is -0.150. The zero-order chi connectivity index (χ0) is 15.9. The summed E-state index contributed by atoms with van der Waals surface area (Å²) in [5.74, 6) is 0.999. The first-order valence-corrected chi connectivity index (χ1v) is 7.31. The van der Waals surface area contributed by atoms with E-state index in [1.54, 1.807) is 19.2 Å². The van der Waals surface area contributed by atoms with Gasteiger partial charge in [0, 0.05) is 0 Å². The molecule has 0 radical (unpaired) electrons. The summed E-state index contributed by atoms with van der Waals surface area (Å²) in [5, 5.41) is 2.63. The molecule has 2 rings (SSSR count). The van der Waals surface area contributed by atoms with Crippen molar-refractivity contribution < 1.29 is 23.8 Å². The average molecular weight is 307 g/mol. The zero-order valence-electron chi connectivity index (χ0n) is 12.8. The molecule has 0 saturated heterocycles. The molecule has 120 valence electrons. The largest absolute Gasteiger partial charge is 0.493 e. The molecular weight excluding hydrogens is 286 g/mol. The van der Waals surface area contributed by atoms with Crippen LogP contribution in [0.3, 0.4) is 0 Å². The van der Waals surface area contributed by atoms with Crippen LogP contribution >= 0.6 is 0 Å². The Bertz CT molecular complexity index is 531. The summed E-state index contributed by atoms with van der Waals surface area (Å²) < 4.78 is 15.6. The maximum Gasteiger partial charge on any atom is 0.309 e. The monoisotopic (exact) mass is 307 g/mol. The van der Waals surface area contributed by atoms with Crippen LogP contribution in [0.5, 0.6) is 11.5 Å². The quantitative estimate of drug-likeness (QED) is 0.580. The van der Waals surface area contributed by atoms with Crippen LogP contribution in [0, 0.1) is 11.8 Å². The van der Waals surface area contributed by atoms with E-state index < -0.39 is 0 Å². The van der Waals surface area contributed by atoms with Crippen molar-refractivity contribution in [1.29, 1.82) is 0 Å². The van der Waals surface area contributed by atoms with Crippen molar-refractivity contribution in [3.05, 3.63) is 24.3 Å². The number of carbonyl (C=O) groups excluding carboxylic acids is 2. The van der Waals surface area contributed by atoms with E-state index in [0.29, 0.717) is 30.6 Å². The molecule has 1 N–H and O–H groups in total. The van der Waals surface area contributed by atoms with E-state index in [2.05, 4.69) is 5.32 Å². The van der Waals surface area contributed by atoms with E-state index in [9.17, 15) is 9.59 Å². The van der Waals surface area contributed by atoms with Crippen LogP contribution in [0.25, 0.3) is 0 Å². The average Bonchev–Trinajstić information content (AvgIpc) is 3.26. The molecule has 2 atom stereocenters. The van der Waals surface area contributed by atoms with Gasteiger partial charge in [0.25, 0.3) is 5.91 Å². The number of methoxy groups -OCH3 is 1. The van der Waals surface area contributed by atoms with Crippen molar-refractivity contribution in [2.45, 2.75) is 13.3 Å². The van der Waals surface area contributed by atoms with Crippen molar-refractivity contribution >= 4 is 11.9 Å². The molecule has 6 nitrogen and oxygen atoms in total. The van der Waals surface area contributed by atoms with E-state index >= 15 is 0 Å². The number of carbonyl (C=O) groups is 2. The number of nitrogens with one attached hydrogen (secondary N) is 1. The summed E-state index contributed by atoms with van der Waals surface area (Å²) in [6, 6.07) is 7.28. The lowest BCUT2D eigenvalue weighted by atomic mass is 10.3. The number of ether oxygens (including phenoxy) is 3. The van der Waals surface area contributed by atoms with Crippen LogP contribution in [0.1, 0.15) is 13.3 Å². The van der Waals surface area contributed by atoms with Crippen LogP contribution in [0.15, 0.2) is 24.3 Å². The molecule has 0 aromatic heterocycles. The number of para-hydroxylation sites is 2. The lowest BCUT2D eigenvalue weighted by Gasteiger charge is -2.11. The highest BCUT2D eigenvalue weighted by Crippen LogP contribution is 2.38. The zero-order valence-corrected chi connectivity index (χ0v) is 12.8. The van der Waals surface area contributed by atoms with Gasteiger partial charge < -0.3 is 19.5 Å². The number of hydrogen-bond acceptors (Lipinski definition) is 5. The number of rotatable bonds is 8. The SMILES string of the molecule is COc1ccccc1OCCNC(=O)COC(=O)[C@@H]1C[C@@H]1C. The third-order valence-electron chi connectivity index (χ3n) is 3.51. The maximum absolute atomic E-state index is 11.5. The topological polar surface area (TPSA) is 73.9 Å². The van der Waals surface area contributed by atoms with Gasteiger partial charge in [0.2, 0.25) is 0 Å². The molecule has 0 aliphatic heterocycles. The summed E-state index contributed by atoms with van der Waals surface area (Å²) >= 11 is 0. The fraction of sp³-hybridized carbons (Fsp3) is 0.500. The minimum atomic E-state index is -0.328. The molecule has 1 fully saturated rings. The second-order valence-electron chi connectivity index (χ2n) is 5.28. The Morgan fingerprint density at radius 2 is 1.95 bits per heavy atom. The highest BCUT2D eigenvalue weighted by Gasteiger charge is 2.40. The van der Waals surface area contributed by atoms with Gasteiger partial charge in [-0.25, -0.2) is 0 Å². The van der Waals surface area contributed by atoms with E-state index in [1.807, 2.05) is 19.1 Å². The standard InChI is InChI=1S/C16H21NO5/c1-11-9-12(11)16(19)22-10-15(18)17-7-8-21-14-6-4-3-5-13(14)20-2/h3-6,11-12H,7-10H2,1-2H3,(H,17,18)/t11-,12+/m0/s1. The van der Waals surface area contributed by atoms with Gasteiger partial charge in [-0.15, -0.1) is 0 Å². The molecule has 0 heterocycles. The summed E-state index contributed by atoms with van der Waals surface area (Å²) in [6.07, 6.45) is 0.854. The Hall–Kier alpha value is -2.24. The molecule has 1 aliphatic rings. The predicted molar refractivity (Wildman–Crippen MR) is 79.7 cm³/mol. The molecule has 0 unspecified atom stereocenters. The highest BCUT2D eigenvalue weighted by atomic mass is 16.5. The third kappa shape index (κ3) is 4.65. The minimum Gasteiger partial charge on any atom is -0.493 e. The Morgan fingerprint density at radius 3 is 2.59 bits per heavy atom. The molecular formula is C16H21NO5. The van der Waals surface area contributed by atoms with Gasteiger partial charge in [0.1, 0.15) is 6.61 Å². The van der Waals surface area contributed by atoms with Gasteiger partial charge in [-0.3, -0.25) is 9.59 Å². The minimum absolute atomic E-state index is 0.0262. The smallest absolute Gasteiger partial charge is 0.309 e. The Labute approximate surface area is 129 Å². The van der Waals surface area contributed by atoms with Crippen molar-refractivity contribution in [1.82, 2.24) is 5.32 Å². The molecule has 22 heavy (non-hydrogen) atoms. The number of amides is 1. The molecule has 0 spiro atoms. The third-order valence-corrected chi connectivity index (χ3v) is 3.51.